The van der Waals surface area contributed by atoms with E-state index in [0.29, 0.717) is 5.54 Å². The number of rotatable bonds is 3. The van der Waals surface area contributed by atoms with E-state index < -0.39 is 0 Å². The van der Waals surface area contributed by atoms with Crippen LogP contribution in [0.2, 0.25) is 0 Å². The maximum absolute atomic E-state index is 3.55. The van der Waals surface area contributed by atoms with Gasteiger partial charge in [0.2, 0.25) is 0 Å². The molecule has 2 heteroatoms. The highest BCUT2D eigenvalue weighted by molar-refractivity contribution is 4.98. The van der Waals surface area contributed by atoms with Gasteiger partial charge in [0.05, 0.1) is 0 Å². The topological polar surface area (TPSA) is 15.3 Å². The highest BCUT2D eigenvalue weighted by atomic mass is 15.2. The lowest BCUT2D eigenvalue weighted by Crippen LogP contribution is -2.50. The normalized spacial score (nSPS) is 28.2. The summed E-state index contributed by atoms with van der Waals surface area (Å²) in [5.41, 5.74) is 0.312. The molecule has 0 aromatic carbocycles. The second-order valence-electron chi connectivity index (χ2n) is 4.17. The minimum atomic E-state index is 0.312. The predicted molar refractivity (Wildman–Crippen MR) is 53.4 cm³/mol. The van der Waals surface area contributed by atoms with Gasteiger partial charge in [-0.25, -0.2) is 0 Å². The molecule has 0 spiro atoms. The molecular weight excluding hydrogens is 148 g/mol. The lowest BCUT2D eigenvalue weighted by Gasteiger charge is -2.36. The highest BCUT2D eigenvalue weighted by Crippen LogP contribution is 2.23. The monoisotopic (exact) mass is 170 g/mol. The Kier molecular flexibility index (Phi) is 3.13. The fourth-order valence-corrected chi connectivity index (χ4v) is 2.31. The maximum atomic E-state index is 3.55. The summed E-state index contributed by atoms with van der Waals surface area (Å²) >= 11 is 0. The zero-order valence-electron chi connectivity index (χ0n) is 8.85. The molecule has 0 aliphatic carbocycles. The Morgan fingerprint density at radius 2 is 1.92 bits per heavy atom. The minimum absolute atomic E-state index is 0.312. The van der Waals surface area contributed by atoms with E-state index in [4.69, 9.17) is 0 Å². The molecule has 0 radical (unpaired) electrons. The second kappa shape index (κ2) is 3.75. The average molecular weight is 170 g/mol. The summed E-state index contributed by atoms with van der Waals surface area (Å²) < 4.78 is 0. The molecule has 1 fully saturated rings. The second-order valence-corrected chi connectivity index (χ2v) is 4.17. The summed E-state index contributed by atoms with van der Waals surface area (Å²) in [6.45, 7) is 12.6. The molecule has 1 N–H and O–H groups in total. The van der Waals surface area contributed by atoms with Crippen LogP contribution in [0, 0.1) is 0 Å². The van der Waals surface area contributed by atoms with E-state index in [1.165, 1.54) is 26.1 Å². The van der Waals surface area contributed by atoms with Gasteiger partial charge in [0.1, 0.15) is 0 Å². The molecule has 1 rings (SSSR count). The van der Waals surface area contributed by atoms with E-state index in [-0.39, 0.29) is 0 Å². The molecule has 72 valence electrons. The van der Waals surface area contributed by atoms with E-state index in [2.05, 4.69) is 37.9 Å². The molecule has 0 bridgehead atoms. The van der Waals surface area contributed by atoms with Gasteiger partial charge in [0.15, 0.2) is 0 Å². The molecule has 2 nitrogen and oxygen atoms in total. The largest absolute Gasteiger partial charge is 0.310 e. The molecule has 1 aliphatic heterocycles. The van der Waals surface area contributed by atoms with Gasteiger partial charge in [0, 0.05) is 11.6 Å². The lowest BCUT2D eigenvalue weighted by atomic mass is 9.95. The van der Waals surface area contributed by atoms with Crippen molar-refractivity contribution in [1.29, 1.82) is 0 Å². The van der Waals surface area contributed by atoms with Crippen LogP contribution in [0.1, 0.15) is 34.1 Å². The summed E-state index contributed by atoms with van der Waals surface area (Å²) in [6.07, 6.45) is 1.30. The predicted octanol–water partition coefficient (Wildman–Crippen LogP) is 1.47. The average Bonchev–Trinajstić information content (AvgIpc) is 2.34. The van der Waals surface area contributed by atoms with Gasteiger partial charge >= 0.3 is 0 Å². The van der Waals surface area contributed by atoms with E-state index in [9.17, 15) is 0 Å². The third-order valence-electron chi connectivity index (χ3n) is 3.08. The summed E-state index contributed by atoms with van der Waals surface area (Å²) in [6, 6.07) is 0.729. The van der Waals surface area contributed by atoms with Crippen molar-refractivity contribution in [1.82, 2.24) is 10.2 Å². The standard InChI is InChI=1S/C10H22N2/c1-5-12(6-2)9-7-8-11-10(9,3)4/h9,11H,5-8H2,1-4H3/t9-/m1/s1. The van der Waals surface area contributed by atoms with Gasteiger partial charge in [-0.3, -0.25) is 4.90 Å². The Labute approximate surface area is 76.3 Å². The number of hydrogen-bond donors (Lipinski definition) is 1. The maximum Gasteiger partial charge on any atom is 0.0284 e. The van der Waals surface area contributed by atoms with Crippen molar-refractivity contribution in [3.8, 4) is 0 Å². The number of hydrogen-bond acceptors (Lipinski definition) is 2. The van der Waals surface area contributed by atoms with E-state index >= 15 is 0 Å². The highest BCUT2D eigenvalue weighted by Gasteiger charge is 2.36. The molecule has 1 atom stereocenters. The molecule has 1 heterocycles. The molecule has 1 saturated heterocycles. The molecule has 0 saturated carbocycles. The van der Waals surface area contributed by atoms with Gasteiger partial charge in [-0.15, -0.1) is 0 Å². The van der Waals surface area contributed by atoms with Gasteiger partial charge in [0.25, 0.3) is 0 Å². The van der Waals surface area contributed by atoms with Crippen LogP contribution in [-0.2, 0) is 0 Å². The fourth-order valence-electron chi connectivity index (χ4n) is 2.31. The Morgan fingerprint density at radius 1 is 1.33 bits per heavy atom. The van der Waals surface area contributed by atoms with Crippen molar-refractivity contribution in [3.63, 3.8) is 0 Å². The van der Waals surface area contributed by atoms with Crippen LogP contribution in [0.3, 0.4) is 0 Å². The molecule has 0 aromatic rings. The molecule has 0 unspecified atom stereocenters. The van der Waals surface area contributed by atoms with Gasteiger partial charge in [-0.1, -0.05) is 13.8 Å². The van der Waals surface area contributed by atoms with E-state index in [1.54, 1.807) is 0 Å². The van der Waals surface area contributed by atoms with Crippen LogP contribution in [-0.4, -0.2) is 36.1 Å². The molecule has 0 amide bonds. The molecule has 0 aromatic heterocycles. The third-order valence-corrected chi connectivity index (χ3v) is 3.08. The molecule has 12 heavy (non-hydrogen) atoms. The zero-order valence-corrected chi connectivity index (χ0v) is 8.85. The Balaban J connectivity index is 2.60. The van der Waals surface area contributed by atoms with Crippen molar-refractivity contribution in [2.75, 3.05) is 19.6 Å². The fraction of sp³-hybridized carbons (Fsp3) is 1.00. The van der Waals surface area contributed by atoms with Gasteiger partial charge in [-0.2, -0.15) is 0 Å². The summed E-state index contributed by atoms with van der Waals surface area (Å²) in [5.74, 6) is 0. The first-order valence-electron chi connectivity index (χ1n) is 5.11. The van der Waals surface area contributed by atoms with Gasteiger partial charge in [-0.05, 0) is 39.9 Å². The van der Waals surface area contributed by atoms with Crippen molar-refractivity contribution < 1.29 is 0 Å². The minimum Gasteiger partial charge on any atom is -0.310 e. The summed E-state index contributed by atoms with van der Waals surface area (Å²) in [4.78, 5) is 2.56. The number of nitrogens with zero attached hydrogens (tertiary/aromatic N) is 1. The van der Waals surface area contributed by atoms with Crippen LogP contribution in [0.15, 0.2) is 0 Å². The van der Waals surface area contributed by atoms with Crippen molar-refractivity contribution in [3.05, 3.63) is 0 Å². The first-order chi connectivity index (χ1) is 5.61. The van der Waals surface area contributed by atoms with Crippen molar-refractivity contribution in [2.45, 2.75) is 45.7 Å². The Hall–Kier alpha value is -0.0800. The quantitative estimate of drug-likeness (QED) is 0.690. The first kappa shape index (κ1) is 10.0. The SMILES string of the molecule is CCN(CC)[C@@H]1CCNC1(C)C. The molecule has 1 aliphatic rings. The van der Waals surface area contributed by atoms with Crippen molar-refractivity contribution in [2.24, 2.45) is 0 Å². The van der Waals surface area contributed by atoms with Crippen LogP contribution in [0.4, 0.5) is 0 Å². The number of nitrogens with one attached hydrogen (secondary N) is 1. The van der Waals surface area contributed by atoms with Crippen LogP contribution < -0.4 is 5.32 Å². The van der Waals surface area contributed by atoms with E-state index in [1.807, 2.05) is 0 Å². The van der Waals surface area contributed by atoms with Crippen LogP contribution in [0.5, 0.6) is 0 Å². The summed E-state index contributed by atoms with van der Waals surface area (Å²) in [5, 5.41) is 3.55. The van der Waals surface area contributed by atoms with Crippen LogP contribution >= 0.6 is 0 Å². The first-order valence-corrected chi connectivity index (χ1v) is 5.11. The number of likely N-dealkylation sites (N-methyl/N-ethyl adjacent to an activating group) is 1. The van der Waals surface area contributed by atoms with Crippen molar-refractivity contribution >= 4 is 0 Å². The lowest BCUT2D eigenvalue weighted by molar-refractivity contribution is 0.162. The third kappa shape index (κ3) is 1.80. The summed E-state index contributed by atoms with van der Waals surface area (Å²) in [7, 11) is 0. The Bertz CT molecular complexity index is 139. The van der Waals surface area contributed by atoms with E-state index in [0.717, 1.165) is 6.04 Å². The molecular formula is C10H22N2. The van der Waals surface area contributed by atoms with Gasteiger partial charge < -0.3 is 5.32 Å². The zero-order chi connectivity index (χ0) is 9.19. The van der Waals surface area contributed by atoms with Crippen LogP contribution in [0.25, 0.3) is 0 Å². The Morgan fingerprint density at radius 3 is 2.25 bits per heavy atom. The smallest absolute Gasteiger partial charge is 0.0284 e.